The second-order valence-corrected chi connectivity index (χ2v) is 8.71. The number of carbonyl (C=O) groups excluding carboxylic acids is 1. The minimum absolute atomic E-state index is 0.147. The number of nitrogens with zero attached hydrogens (tertiary/aromatic N) is 1. The van der Waals surface area contributed by atoms with E-state index < -0.39 is 10.0 Å². The maximum absolute atomic E-state index is 12.8. The molecule has 0 unspecified atom stereocenters. The van der Waals surface area contributed by atoms with Crippen LogP contribution in [-0.2, 0) is 21.3 Å². The molecule has 1 saturated heterocycles. The Labute approximate surface area is 160 Å². The van der Waals surface area contributed by atoms with Crippen molar-refractivity contribution in [3.8, 4) is 0 Å². The number of morpholine rings is 1. The van der Waals surface area contributed by atoms with Gasteiger partial charge in [0, 0.05) is 25.2 Å². The Bertz CT molecular complexity index is 872. The van der Waals surface area contributed by atoms with Gasteiger partial charge in [0.15, 0.2) is 0 Å². The third kappa shape index (κ3) is 4.74. The lowest BCUT2D eigenvalue weighted by Crippen LogP contribution is -2.48. The van der Waals surface area contributed by atoms with Crippen molar-refractivity contribution in [1.82, 2.24) is 9.62 Å². The summed E-state index contributed by atoms with van der Waals surface area (Å²) in [4.78, 5) is 12.5. The van der Waals surface area contributed by atoms with Crippen LogP contribution in [0.5, 0.6) is 0 Å². The van der Waals surface area contributed by atoms with E-state index in [9.17, 15) is 13.2 Å². The third-order valence-electron chi connectivity index (χ3n) is 4.44. The number of nitrogens with one attached hydrogen (secondary N) is 1. The molecule has 1 aliphatic heterocycles. The first-order valence-corrected chi connectivity index (χ1v) is 10.4. The van der Waals surface area contributed by atoms with Crippen LogP contribution in [0.15, 0.2) is 59.5 Å². The smallest absolute Gasteiger partial charge is 0.251 e. The molecule has 3 rings (SSSR count). The van der Waals surface area contributed by atoms with E-state index in [-0.39, 0.29) is 23.0 Å². The van der Waals surface area contributed by atoms with Gasteiger partial charge in [-0.15, -0.1) is 0 Å². The van der Waals surface area contributed by atoms with Gasteiger partial charge in [-0.2, -0.15) is 4.31 Å². The van der Waals surface area contributed by atoms with Gasteiger partial charge in [-0.25, -0.2) is 8.42 Å². The maximum atomic E-state index is 12.8. The highest BCUT2D eigenvalue weighted by Crippen LogP contribution is 2.21. The quantitative estimate of drug-likeness (QED) is 0.854. The zero-order valence-corrected chi connectivity index (χ0v) is 16.3. The fourth-order valence-corrected chi connectivity index (χ4v) is 4.73. The second-order valence-electron chi connectivity index (χ2n) is 6.77. The predicted octanol–water partition coefficient (Wildman–Crippen LogP) is 2.41. The summed E-state index contributed by atoms with van der Waals surface area (Å²) < 4.78 is 32.7. The lowest BCUT2D eigenvalue weighted by Gasteiger charge is -2.34. The first-order chi connectivity index (χ1) is 12.9. The Kier molecular flexibility index (Phi) is 5.94. The molecule has 1 fully saturated rings. The van der Waals surface area contributed by atoms with Crippen LogP contribution in [0.4, 0.5) is 0 Å². The van der Waals surface area contributed by atoms with E-state index in [1.807, 2.05) is 44.2 Å². The molecule has 1 heterocycles. The van der Waals surface area contributed by atoms with Crippen molar-refractivity contribution in [1.29, 1.82) is 0 Å². The third-order valence-corrected chi connectivity index (χ3v) is 6.28. The molecule has 6 nitrogen and oxygen atoms in total. The molecule has 0 radical (unpaired) electrons. The number of carbonyl (C=O) groups is 1. The van der Waals surface area contributed by atoms with Crippen LogP contribution < -0.4 is 5.32 Å². The van der Waals surface area contributed by atoms with Crippen molar-refractivity contribution >= 4 is 15.9 Å². The zero-order chi connectivity index (χ0) is 19.4. The Morgan fingerprint density at radius 3 is 2.22 bits per heavy atom. The molecule has 1 amide bonds. The molecule has 1 aliphatic rings. The lowest BCUT2D eigenvalue weighted by atomic mass is 10.2. The summed E-state index contributed by atoms with van der Waals surface area (Å²) in [7, 11) is -3.60. The highest BCUT2D eigenvalue weighted by molar-refractivity contribution is 7.89. The number of hydrogen-bond donors (Lipinski definition) is 1. The number of sulfonamides is 1. The van der Waals surface area contributed by atoms with Crippen molar-refractivity contribution in [2.45, 2.75) is 37.5 Å². The van der Waals surface area contributed by atoms with E-state index in [2.05, 4.69) is 5.32 Å². The molecule has 7 heteroatoms. The minimum Gasteiger partial charge on any atom is -0.373 e. The number of benzene rings is 2. The van der Waals surface area contributed by atoms with Crippen molar-refractivity contribution in [3.63, 3.8) is 0 Å². The Morgan fingerprint density at radius 2 is 1.63 bits per heavy atom. The first-order valence-electron chi connectivity index (χ1n) is 8.94. The molecule has 0 spiro atoms. The summed E-state index contributed by atoms with van der Waals surface area (Å²) in [6, 6.07) is 15.7. The Hall–Kier alpha value is -2.22. The van der Waals surface area contributed by atoms with Crippen LogP contribution in [0.3, 0.4) is 0 Å². The molecule has 0 aliphatic carbocycles. The average Bonchev–Trinajstić information content (AvgIpc) is 2.66. The van der Waals surface area contributed by atoms with E-state index in [1.165, 1.54) is 16.4 Å². The summed E-state index contributed by atoms with van der Waals surface area (Å²) in [5, 5.41) is 2.83. The fourth-order valence-electron chi connectivity index (χ4n) is 3.13. The van der Waals surface area contributed by atoms with E-state index in [1.54, 1.807) is 12.1 Å². The summed E-state index contributed by atoms with van der Waals surface area (Å²) in [6.45, 7) is 4.79. The van der Waals surface area contributed by atoms with Crippen molar-refractivity contribution < 1.29 is 17.9 Å². The monoisotopic (exact) mass is 388 g/mol. The van der Waals surface area contributed by atoms with E-state index >= 15 is 0 Å². The summed E-state index contributed by atoms with van der Waals surface area (Å²) in [6.07, 6.45) is -0.293. The van der Waals surface area contributed by atoms with Gasteiger partial charge in [-0.1, -0.05) is 30.3 Å². The van der Waals surface area contributed by atoms with Crippen molar-refractivity contribution in [2.24, 2.45) is 0 Å². The number of hydrogen-bond acceptors (Lipinski definition) is 4. The highest BCUT2D eigenvalue weighted by Gasteiger charge is 2.32. The van der Waals surface area contributed by atoms with Crippen LogP contribution in [-0.4, -0.2) is 43.9 Å². The maximum Gasteiger partial charge on any atom is 0.251 e. The van der Waals surface area contributed by atoms with Gasteiger partial charge in [0.2, 0.25) is 10.0 Å². The standard InChI is InChI=1S/C20H24N2O4S/c1-15-13-22(14-16(2)26-15)27(24,25)19-10-8-18(9-11-19)20(23)21-12-17-6-4-3-5-7-17/h3-11,15-16H,12-14H2,1-2H3,(H,21,23)/t15-,16-/m0/s1. The van der Waals surface area contributed by atoms with Gasteiger partial charge in [0.25, 0.3) is 5.91 Å². The van der Waals surface area contributed by atoms with E-state index in [0.29, 0.717) is 25.2 Å². The van der Waals surface area contributed by atoms with Crippen LogP contribution in [0, 0.1) is 0 Å². The van der Waals surface area contributed by atoms with Crippen molar-refractivity contribution in [3.05, 3.63) is 65.7 Å². The Balaban J connectivity index is 1.68. The zero-order valence-electron chi connectivity index (χ0n) is 15.5. The number of amides is 1. The predicted molar refractivity (Wildman–Crippen MR) is 103 cm³/mol. The fraction of sp³-hybridized carbons (Fsp3) is 0.350. The van der Waals surface area contributed by atoms with Crippen LogP contribution in [0.2, 0.25) is 0 Å². The van der Waals surface area contributed by atoms with E-state index in [4.69, 9.17) is 4.74 Å². The molecule has 2 atom stereocenters. The second kappa shape index (κ2) is 8.21. The SMILES string of the molecule is C[C@H]1CN(S(=O)(=O)c2ccc(C(=O)NCc3ccccc3)cc2)C[C@H](C)O1. The molecular formula is C20H24N2O4S. The first kappa shape index (κ1) is 19.5. The van der Waals surface area contributed by atoms with Crippen LogP contribution in [0.25, 0.3) is 0 Å². The van der Waals surface area contributed by atoms with E-state index in [0.717, 1.165) is 5.56 Å². The van der Waals surface area contributed by atoms with Gasteiger partial charge < -0.3 is 10.1 Å². The van der Waals surface area contributed by atoms with Crippen LogP contribution in [0.1, 0.15) is 29.8 Å². The average molecular weight is 388 g/mol. The largest absolute Gasteiger partial charge is 0.373 e. The van der Waals surface area contributed by atoms with Gasteiger partial charge in [0.1, 0.15) is 0 Å². The van der Waals surface area contributed by atoms with Gasteiger partial charge in [0.05, 0.1) is 17.1 Å². The number of rotatable bonds is 5. The van der Waals surface area contributed by atoms with Crippen LogP contribution >= 0.6 is 0 Å². The summed E-state index contributed by atoms with van der Waals surface area (Å²) in [5.74, 6) is -0.239. The molecule has 2 aromatic carbocycles. The lowest BCUT2D eigenvalue weighted by molar-refractivity contribution is -0.0440. The molecule has 27 heavy (non-hydrogen) atoms. The minimum atomic E-state index is -3.60. The summed E-state index contributed by atoms with van der Waals surface area (Å²) >= 11 is 0. The highest BCUT2D eigenvalue weighted by atomic mass is 32.2. The normalized spacial score (nSPS) is 21.0. The van der Waals surface area contributed by atoms with Gasteiger partial charge >= 0.3 is 0 Å². The Morgan fingerprint density at radius 1 is 1.04 bits per heavy atom. The van der Waals surface area contributed by atoms with Crippen molar-refractivity contribution in [2.75, 3.05) is 13.1 Å². The molecule has 144 valence electrons. The van der Waals surface area contributed by atoms with Gasteiger partial charge in [-0.3, -0.25) is 4.79 Å². The molecule has 0 saturated carbocycles. The molecule has 2 aromatic rings. The molecule has 1 N–H and O–H groups in total. The molecular weight excluding hydrogens is 364 g/mol. The molecule has 0 aromatic heterocycles. The van der Waals surface area contributed by atoms with Gasteiger partial charge in [-0.05, 0) is 43.7 Å². The topological polar surface area (TPSA) is 75.7 Å². The number of ether oxygens (including phenoxy) is 1. The molecule has 0 bridgehead atoms. The summed E-state index contributed by atoms with van der Waals surface area (Å²) in [5.41, 5.74) is 1.43.